The molecule has 0 atom stereocenters. The Morgan fingerprint density at radius 2 is 0.602 bits per heavy atom. The van der Waals surface area contributed by atoms with Gasteiger partial charge in [-0.2, -0.15) is 0 Å². The molecule has 88 heavy (non-hydrogen) atoms. The van der Waals surface area contributed by atoms with Gasteiger partial charge in [0.1, 0.15) is 11.6 Å². The number of nitrogens with zero attached hydrogens (tertiary/aromatic N) is 4. The molecule has 9 nitrogen and oxygen atoms in total. The van der Waals surface area contributed by atoms with Crippen molar-refractivity contribution in [3.63, 3.8) is 0 Å². The fraction of sp³-hybridized carbons (Fsp3) is 0.0286. The van der Waals surface area contributed by atoms with E-state index in [0.717, 1.165) is 30.8 Å². The van der Waals surface area contributed by atoms with Crippen molar-refractivity contribution in [2.24, 2.45) is 0 Å². The Labute approximate surface area is 566 Å². The minimum absolute atomic E-state index is 0. The standard InChI is InChI=1S/C40H30N2O2P2.C16H10F2N2.C12H11P.CH2Cl2.CH4.FH.K.H2O2.H2O/c43-45(33-19-8-2-9-20-33,34-21-10-3-11-22-34)37-27-16-28-38(39(37)40-41-29-32(30-42-40)31-17-6-1-7-18-31)46(44,35-23-12-4-13-24-35)36-25-14-5-15-26-36;17-13-7-4-8-14(18)15(13)16-19-9-12(10-20-16)11-5-2-1-3-6-11;1-3-7-11(8-4-1)13-12-9-5-2-6-10-12;2-1-3;;;;1-2;/h1-30H;1-10H;1-10,13H;1H2;1H4;1H;;1-2H;1H2/q;;;;;;+1;;/p-1. The van der Waals surface area contributed by atoms with Gasteiger partial charge in [-0.1, -0.05) is 283 Å². The minimum atomic E-state index is -3.53. The second-order valence-electron chi connectivity index (χ2n) is 18.1. The normalized spacial score (nSPS) is 10.2. The molecular formula is C70H61Cl2F3KN4O5P3. The molecule has 0 spiro atoms. The van der Waals surface area contributed by atoms with Crippen LogP contribution in [0.4, 0.5) is 13.5 Å². The number of halogens is 5. The van der Waals surface area contributed by atoms with Gasteiger partial charge in [0, 0.05) is 73.3 Å². The second-order valence-corrected chi connectivity index (χ2v) is 25.8. The Hall–Kier alpha value is -6.86. The van der Waals surface area contributed by atoms with Gasteiger partial charge in [-0.15, -0.1) is 23.2 Å². The molecule has 18 heteroatoms. The number of rotatable bonds is 12. The van der Waals surface area contributed by atoms with E-state index >= 15 is 9.13 Å². The SMILES string of the molecule is C.ClCCl.F.Fc1cccc(F)c1-c1ncc(-c2ccccc2)cn1.O=P(c1ccccc1)(c1ccccc1)c1cccc(P(=O)(c2ccccc2)c2ccccc2)c1-c1ncc(-c2ccccc2)cn1.OO.[K+].[OH-].c1ccc(Pc2ccccc2)cc1. The van der Waals surface area contributed by atoms with Crippen molar-refractivity contribution in [3.8, 4) is 45.0 Å². The van der Waals surface area contributed by atoms with Crippen molar-refractivity contribution in [1.29, 1.82) is 0 Å². The number of benzene rings is 10. The maximum Gasteiger partial charge on any atom is 1.00 e. The third-order valence-electron chi connectivity index (χ3n) is 12.9. The van der Waals surface area contributed by atoms with Gasteiger partial charge in [-0.05, 0) is 33.9 Å². The molecule has 3 N–H and O–H groups in total. The molecule has 0 radical (unpaired) electrons. The Bertz CT molecular complexity index is 3770. The van der Waals surface area contributed by atoms with E-state index in [0.29, 0.717) is 43.2 Å². The Kier molecular flexibility index (Phi) is 31.7. The fourth-order valence-corrected chi connectivity index (χ4v) is 16.0. The van der Waals surface area contributed by atoms with Gasteiger partial charge in [-0.3, -0.25) is 15.2 Å². The van der Waals surface area contributed by atoms with Crippen LogP contribution in [0.3, 0.4) is 0 Å². The van der Waals surface area contributed by atoms with Gasteiger partial charge in [0.25, 0.3) is 0 Å². The zero-order valence-corrected chi connectivity index (χ0v) is 54.3. The van der Waals surface area contributed by atoms with Crippen molar-refractivity contribution in [1.82, 2.24) is 19.9 Å². The molecule has 442 valence electrons. The van der Waals surface area contributed by atoms with Gasteiger partial charge in [-0.25, -0.2) is 28.7 Å². The van der Waals surface area contributed by atoms with E-state index in [2.05, 4.69) is 70.6 Å². The smallest absolute Gasteiger partial charge is 0.870 e. The number of hydrogen-bond donors (Lipinski definition) is 2. The minimum Gasteiger partial charge on any atom is -0.870 e. The van der Waals surface area contributed by atoms with E-state index < -0.39 is 25.9 Å². The molecule has 0 aliphatic carbocycles. The van der Waals surface area contributed by atoms with Crippen LogP contribution in [0.5, 0.6) is 0 Å². The predicted molar refractivity (Wildman–Crippen MR) is 358 cm³/mol. The molecule has 2 heterocycles. The Morgan fingerprint density at radius 1 is 0.364 bits per heavy atom. The summed E-state index contributed by atoms with van der Waals surface area (Å²) in [7, 11) is -6.28. The van der Waals surface area contributed by atoms with Gasteiger partial charge in [0.05, 0.1) is 10.9 Å². The van der Waals surface area contributed by atoms with E-state index in [9.17, 15) is 8.78 Å². The van der Waals surface area contributed by atoms with E-state index in [-0.39, 0.29) is 85.7 Å². The van der Waals surface area contributed by atoms with Crippen molar-refractivity contribution in [2.75, 3.05) is 5.34 Å². The first-order valence-corrected chi connectivity index (χ1v) is 31.7. The van der Waals surface area contributed by atoms with Crippen LogP contribution in [0.2, 0.25) is 0 Å². The van der Waals surface area contributed by atoms with Crippen LogP contribution < -0.4 is 93.8 Å². The summed E-state index contributed by atoms with van der Waals surface area (Å²) in [5.41, 5.74) is 3.91. The van der Waals surface area contributed by atoms with Crippen LogP contribution in [-0.4, -0.2) is 41.3 Å². The number of hydrogen-bond acceptors (Lipinski definition) is 9. The molecule has 2 aromatic heterocycles. The van der Waals surface area contributed by atoms with Gasteiger partial charge in [0.2, 0.25) is 0 Å². The molecule has 0 bridgehead atoms. The number of aromatic nitrogens is 4. The first-order valence-electron chi connectivity index (χ1n) is 26.2. The summed E-state index contributed by atoms with van der Waals surface area (Å²) >= 11 is 9.53. The van der Waals surface area contributed by atoms with Gasteiger partial charge < -0.3 is 14.6 Å². The van der Waals surface area contributed by atoms with Gasteiger partial charge in [0.15, 0.2) is 25.9 Å². The molecule has 0 fully saturated rings. The molecule has 0 saturated heterocycles. The zero-order chi connectivity index (χ0) is 59.0. The molecule has 0 amide bonds. The summed E-state index contributed by atoms with van der Waals surface area (Å²) in [5, 5.41) is 18.8. The maximum absolute atomic E-state index is 15.9. The van der Waals surface area contributed by atoms with Crippen LogP contribution in [0.1, 0.15) is 7.43 Å². The van der Waals surface area contributed by atoms with E-state index in [1.165, 1.54) is 28.8 Å². The average molecular weight is 1300 g/mol. The largest absolute Gasteiger partial charge is 1.00 e. The molecule has 0 unspecified atom stereocenters. The summed E-state index contributed by atoms with van der Waals surface area (Å²) in [6, 6.07) is 88.0. The fourth-order valence-electron chi connectivity index (χ4n) is 9.08. The first kappa shape index (κ1) is 73.6. The number of alkyl halides is 2. The van der Waals surface area contributed by atoms with Crippen LogP contribution >= 0.6 is 46.1 Å². The van der Waals surface area contributed by atoms with Crippen molar-refractivity contribution >= 4 is 88.5 Å². The first-order chi connectivity index (χ1) is 41.2. The second kappa shape index (κ2) is 37.9. The quantitative estimate of drug-likeness (QED) is 0.0400. The Morgan fingerprint density at radius 3 is 0.886 bits per heavy atom. The maximum atomic E-state index is 15.9. The molecule has 10 aromatic carbocycles. The van der Waals surface area contributed by atoms with Gasteiger partial charge >= 0.3 is 51.4 Å². The third-order valence-corrected chi connectivity index (χ3v) is 20.4. The van der Waals surface area contributed by atoms with E-state index in [1.54, 1.807) is 24.8 Å². The summed E-state index contributed by atoms with van der Waals surface area (Å²) in [6.07, 6.45) is 6.68. The molecular weight excluding hydrogens is 1240 g/mol. The molecule has 12 rings (SSSR count). The van der Waals surface area contributed by atoms with Crippen molar-refractivity contribution in [3.05, 3.63) is 315 Å². The predicted octanol–water partition coefficient (Wildman–Crippen LogP) is 12.5. The Balaban J connectivity index is 0.000000325. The molecule has 0 saturated carbocycles. The topological polar surface area (TPSA) is 156 Å². The summed E-state index contributed by atoms with van der Waals surface area (Å²) in [6.45, 7) is 0. The van der Waals surface area contributed by atoms with Crippen molar-refractivity contribution in [2.45, 2.75) is 7.43 Å². The van der Waals surface area contributed by atoms with Crippen molar-refractivity contribution < 1.29 is 90.0 Å². The summed E-state index contributed by atoms with van der Waals surface area (Å²) in [4.78, 5) is 17.9. The van der Waals surface area contributed by atoms with E-state index in [1.807, 2.05) is 200 Å². The van der Waals surface area contributed by atoms with Crippen LogP contribution in [0.25, 0.3) is 45.0 Å². The zero-order valence-electron chi connectivity index (χ0n) is 46.8. The molecule has 0 aliphatic rings. The monoisotopic (exact) mass is 1300 g/mol. The van der Waals surface area contributed by atoms with Crippen LogP contribution in [-0.2, 0) is 9.13 Å². The average Bonchev–Trinajstić information content (AvgIpc) is 0.882. The van der Waals surface area contributed by atoms with Crippen LogP contribution in [0, 0.1) is 11.6 Å². The molecule has 12 aromatic rings. The molecule has 0 aliphatic heterocycles. The van der Waals surface area contributed by atoms with E-state index in [4.69, 9.17) is 43.7 Å². The van der Waals surface area contributed by atoms with Crippen LogP contribution in [0.15, 0.2) is 304 Å². The summed E-state index contributed by atoms with van der Waals surface area (Å²) < 4.78 is 59.1. The third kappa shape index (κ3) is 18.6. The summed E-state index contributed by atoms with van der Waals surface area (Å²) in [5.74, 6) is -0.931.